The Morgan fingerprint density at radius 3 is 2.60 bits per heavy atom. The Hall–Kier alpha value is -2.55. The normalized spacial score (nSPS) is 11.0. The van der Waals surface area contributed by atoms with Crippen LogP contribution in [0.5, 0.6) is 5.75 Å². The summed E-state index contributed by atoms with van der Waals surface area (Å²) in [5.41, 5.74) is 0.316. The predicted molar refractivity (Wildman–Crippen MR) is 69.0 cm³/mol. The minimum absolute atomic E-state index is 0.0291. The molecule has 0 aliphatic carbocycles. The molecule has 2 aromatic rings. The van der Waals surface area contributed by atoms with Crippen molar-refractivity contribution in [3.05, 3.63) is 36.7 Å². The van der Waals surface area contributed by atoms with E-state index in [1.165, 1.54) is 36.7 Å². The van der Waals surface area contributed by atoms with Crippen molar-refractivity contribution < 1.29 is 23.1 Å². The van der Waals surface area contributed by atoms with Crippen LogP contribution in [0.4, 0.5) is 5.69 Å². The summed E-state index contributed by atoms with van der Waals surface area (Å²) in [5.74, 6) is -0.835. The number of nitrogens with zero attached hydrogens (tertiary/aromatic N) is 1. The van der Waals surface area contributed by atoms with E-state index in [1.807, 2.05) is 0 Å². The second-order valence-electron chi connectivity index (χ2n) is 3.75. The Morgan fingerprint density at radius 2 is 2.05 bits per heavy atom. The van der Waals surface area contributed by atoms with E-state index in [1.54, 1.807) is 0 Å². The van der Waals surface area contributed by atoms with E-state index in [2.05, 4.69) is 14.9 Å². The minimum Gasteiger partial charge on any atom is -0.482 e. The summed E-state index contributed by atoms with van der Waals surface area (Å²) in [4.78, 5) is 10.4. The molecule has 106 valence electrons. The number of benzene rings is 1. The summed E-state index contributed by atoms with van der Waals surface area (Å²) < 4.78 is 31.2. The highest BCUT2D eigenvalue weighted by Crippen LogP contribution is 2.18. The third-order valence-electron chi connectivity index (χ3n) is 2.25. The summed E-state index contributed by atoms with van der Waals surface area (Å²) in [5, 5.41) is 14.6. The van der Waals surface area contributed by atoms with Crippen LogP contribution in [0.1, 0.15) is 0 Å². The monoisotopic (exact) mass is 297 g/mol. The number of ether oxygens (including phenoxy) is 1. The van der Waals surface area contributed by atoms with Gasteiger partial charge in [0.05, 0.1) is 16.8 Å². The Kier molecular flexibility index (Phi) is 3.89. The Bertz CT molecular complexity index is 679. The fraction of sp³-hybridized carbons (Fsp3) is 0.0909. The third-order valence-corrected chi connectivity index (χ3v) is 3.64. The maximum absolute atomic E-state index is 12.0. The summed E-state index contributed by atoms with van der Waals surface area (Å²) in [6.07, 6.45) is 2.74. The molecule has 0 atom stereocenters. The first-order valence-electron chi connectivity index (χ1n) is 5.43. The van der Waals surface area contributed by atoms with Gasteiger partial charge in [-0.05, 0) is 24.3 Å². The largest absolute Gasteiger partial charge is 0.482 e. The number of anilines is 1. The lowest BCUT2D eigenvalue weighted by Gasteiger charge is -2.07. The van der Waals surface area contributed by atoms with Crippen LogP contribution in [0.15, 0.2) is 41.6 Å². The summed E-state index contributed by atoms with van der Waals surface area (Å²) >= 11 is 0. The van der Waals surface area contributed by atoms with Crippen LogP contribution in [0.2, 0.25) is 0 Å². The van der Waals surface area contributed by atoms with Crippen molar-refractivity contribution in [3.8, 4) is 5.75 Å². The van der Waals surface area contributed by atoms with Crippen molar-refractivity contribution >= 4 is 21.7 Å². The number of rotatable bonds is 6. The topological polar surface area (TPSA) is 121 Å². The van der Waals surface area contributed by atoms with Gasteiger partial charge in [-0.2, -0.15) is 5.10 Å². The average molecular weight is 297 g/mol. The van der Waals surface area contributed by atoms with Crippen molar-refractivity contribution in [3.63, 3.8) is 0 Å². The molecule has 9 heteroatoms. The van der Waals surface area contributed by atoms with E-state index in [9.17, 15) is 13.2 Å². The maximum atomic E-state index is 12.0. The molecule has 1 heterocycles. The molecular formula is C11H11N3O5S. The molecule has 2 rings (SSSR count). The van der Waals surface area contributed by atoms with Crippen LogP contribution in [-0.2, 0) is 14.8 Å². The fourth-order valence-electron chi connectivity index (χ4n) is 1.38. The third kappa shape index (κ3) is 3.48. The summed E-state index contributed by atoms with van der Waals surface area (Å²) in [6.45, 7) is -0.487. The van der Waals surface area contributed by atoms with Gasteiger partial charge < -0.3 is 9.84 Å². The first kappa shape index (κ1) is 13.9. The number of hydrogen-bond acceptors (Lipinski definition) is 5. The highest BCUT2D eigenvalue weighted by Gasteiger charge is 2.14. The van der Waals surface area contributed by atoms with Crippen LogP contribution in [0.3, 0.4) is 0 Å². The Labute approximate surface area is 114 Å². The number of aromatic amines is 1. The Balaban J connectivity index is 2.10. The molecular weight excluding hydrogens is 286 g/mol. The van der Waals surface area contributed by atoms with Gasteiger partial charge in [0.2, 0.25) is 0 Å². The molecule has 0 aliphatic rings. The number of aromatic nitrogens is 2. The van der Waals surface area contributed by atoms with Gasteiger partial charge in [-0.15, -0.1) is 0 Å². The molecule has 1 aromatic carbocycles. The smallest absolute Gasteiger partial charge is 0.341 e. The first-order valence-corrected chi connectivity index (χ1v) is 6.92. The second kappa shape index (κ2) is 5.61. The molecule has 0 radical (unpaired) electrons. The van der Waals surface area contributed by atoms with Gasteiger partial charge >= 0.3 is 5.97 Å². The number of hydrogen-bond donors (Lipinski definition) is 3. The van der Waals surface area contributed by atoms with Crippen LogP contribution >= 0.6 is 0 Å². The molecule has 0 fully saturated rings. The molecule has 0 saturated carbocycles. The molecule has 0 aliphatic heterocycles. The molecule has 1 aromatic heterocycles. The van der Waals surface area contributed by atoms with Crippen molar-refractivity contribution in [1.82, 2.24) is 10.2 Å². The van der Waals surface area contributed by atoms with Crippen molar-refractivity contribution in [2.24, 2.45) is 0 Å². The summed E-state index contributed by atoms with van der Waals surface area (Å²) in [7, 11) is -3.71. The van der Waals surface area contributed by atoms with Crippen molar-refractivity contribution in [2.75, 3.05) is 11.3 Å². The van der Waals surface area contributed by atoms with Gasteiger partial charge in [-0.1, -0.05) is 0 Å². The number of carbonyl (C=O) groups is 1. The Morgan fingerprint density at radius 1 is 1.35 bits per heavy atom. The van der Waals surface area contributed by atoms with E-state index in [-0.39, 0.29) is 10.6 Å². The zero-order chi connectivity index (χ0) is 14.6. The van der Waals surface area contributed by atoms with Gasteiger partial charge in [0.1, 0.15) is 5.75 Å². The highest BCUT2D eigenvalue weighted by molar-refractivity contribution is 7.92. The number of nitrogens with one attached hydrogen (secondary N) is 2. The number of carboxylic acid groups (broad SMARTS) is 1. The molecule has 0 spiro atoms. The minimum atomic E-state index is -3.71. The molecule has 8 nitrogen and oxygen atoms in total. The SMILES string of the molecule is O=C(O)COc1ccc(S(=O)(=O)Nc2cn[nH]c2)cc1. The quantitative estimate of drug-likeness (QED) is 0.720. The van der Waals surface area contributed by atoms with Crippen molar-refractivity contribution in [2.45, 2.75) is 4.90 Å². The molecule has 0 bridgehead atoms. The number of sulfonamides is 1. The second-order valence-corrected chi connectivity index (χ2v) is 5.43. The molecule has 3 N–H and O–H groups in total. The van der Waals surface area contributed by atoms with Gasteiger partial charge in [-0.3, -0.25) is 9.82 Å². The maximum Gasteiger partial charge on any atom is 0.341 e. The highest BCUT2D eigenvalue weighted by atomic mass is 32.2. The number of carboxylic acids is 1. The van der Waals surface area contributed by atoms with Crippen LogP contribution < -0.4 is 9.46 Å². The van der Waals surface area contributed by atoms with Gasteiger partial charge in [-0.25, -0.2) is 13.2 Å². The zero-order valence-corrected chi connectivity index (χ0v) is 10.9. The molecule has 20 heavy (non-hydrogen) atoms. The van der Waals surface area contributed by atoms with Gasteiger partial charge in [0.15, 0.2) is 6.61 Å². The van der Waals surface area contributed by atoms with E-state index in [0.717, 1.165) is 0 Å². The van der Waals surface area contributed by atoms with Crippen molar-refractivity contribution in [1.29, 1.82) is 0 Å². The van der Waals surface area contributed by atoms with E-state index >= 15 is 0 Å². The van der Waals surface area contributed by atoms with Crippen LogP contribution in [0, 0.1) is 0 Å². The van der Waals surface area contributed by atoms with E-state index in [0.29, 0.717) is 5.69 Å². The lowest BCUT2D eigenvalue weighted by Crippen LogP contribution is -2.13. The zero-order valence-electron chi connectivity index (χ0n) is 10.1. The van der Waals surface area contributed by atoms with E-state index < -0.39 is 22.6 Å². The van der Waals surface area contributed by atoms with Gasteiger partial charge in [0.25, 0.3) is 10.0 Å². The van der Waals surface area contributed by atoms with E-state index in [4.69, 9.17) is 9.84 Å². The van der Waals surface area contributed by atoms with Crippen LogP contribution in [0.25, 0.3) is 0 Å². The standard InChI is InChI=1S/C11H11N3O5S/c15-11(16)7-19-9-1-3-10(4-2-9)20(17,18)14-8-5-12-13-6-8/h1-6,14H,7H2,(H,12,13)(H,15,16). The average Bonchev–Trinajstić information content (AvgIpc) is 2.89. The predicted octanol–water partition coefficient (Wildman–Crippen LogP) is 0.674. The molecule has 0 saturated heterocycles. The molecule has 0 amide bonds. The number of aliphatic carboxylic acids is 1. The lowest BCUT2D eigenvalue weighted by molar-refractivity contribution is -0.139. The first-order chi connectivity index (χ1) is 9.47. The lowest BCUT2D eigenvalue weighted by atomic mass is 10.3. The molecule has 0 unspecified atom stereocenters. The fourth-order valence-corrected chi connectivity index (χ4v) is 2.42. The van der Waals surface area contributed by atoms with Crippen LogP contribution in [-0.4, -0.2) is 36.3 Å². The van der Waals surface area contributed by atoms with Gasteiger partial charge in [0, 0.05) is 6.20 Å². The number of H-pyrrole nitrogens is 1. The summed E-state index contributed by atoms with van der Waals surface area (Å²) in [6, 6.07) is 5.40.